The van der Waals surface area contributed by atoms with E-state index >= 15 is 0 Å². The lowest BCUT2D eigenvalue weighted by atomic mass is 10.1. The van der Waals surface area contributed by atoms with E-state index in [1.165, 1.54) is 16.7 Å². The molecule has 0 fully saturated rings. The summed E-state index contributed by atoms with van der Waals surface area (Å²) in [5.41, 5.74) is 16.5. The number of aromatic nitrogens is 14. The van der Waals surface area contributed by atoms with Crippen LogP contribution in [0, 0.1) is 0 Å². The number of benzene rings is 3. The molecule has 0 spiro atoms. The molecule has 14 nitrogen and oxygen atoms in total. The molecule has 0 saturated carbocycles. The Bertz CT molecular complexity index is 4600. The number of fused-ring (bicyclic) bond motifs is 4. The zero-order valence-electron chi connectivity index (χ0n) is 49.2. The Morgan fingerprint density at radius 1 is 0.239 bits per heavy atom. The molecular weight excluding hydrogens is 1080 g/mol. The van der Waals surface area contributed by atoms with Gasteiger partial charge in [0, 0.05) is 50.6 Å². The number of nitrogens with zero attached hydrogens (tertiary/aromatic N) is 14. The molecule has 11 aromatic heterocycles. The maximum atomic E-state index is 5.24. The minimum absolute atomic E-state index is 0.528. The lowest BCUT2D eigenvalue weighted by Gasteiger charge is -2.11. The van der Waals surface area contributed by atoms with E-state index in [0.717, 1.165) is 96.0 Å². The van der Waals surface area contributed by atoms with Crippen LogP contribution in [0.1, 0.15) is 76.0 Å². The van der Waals surface area contributed by atoms with E-state index in [-0.39, 0.29) is 0 Å². The first kappa shape index (κ1) is 55.0. The molecule has 0 atom stereocenters. The van der Waals surface area contributed by atoms with Crippen molar-refractivity contribution in [1.82, 2.24) is 69.8 Å². The second-order valence-corrected chi connectivity index (χ2v) is 22.2. The maximum absolute atomic E-state index is 5.24. The van der Waals surface area contributed by atoms with Gasteiger partial charge < -0.3 is 0 Å². The van der Waals surface area contributed by atoms with Crippen LogP contribution in [-0.2, 0) is 19.3 Å². The predicted molar refractivity (Wildman–Crippen MR) is 350 cm³/mol. The number of aryl methyl sites for hydroxylation is 3. The fourth-order valence-electron chi connectivity index (χ4n) is 10.9. The van der Waals surface area contributed by atoms with Crippen molar-refractivity contribution in [3.05, 3.63) is 217 Å². The summed E-state index contributed by atoms with van der Waals surface area (Å²) in [7, 11) is 0. The number of unbranched alkanes of at least 4 members (excludes halogenated alkanes) is 3. The zero-order valence-corrected chi connectivity index (χ0v) is 49.2. The molecule has 0 bridgehead atoms. The Kier molecular flexibility index (Phi) is 15.4. The Morgan fingerprint density at radius 3 is 0.750 bits per heavy atom. The first-order chi connectivity index (χ1) is 43.4. The second kappa shape index (κ2) is 24.6. The van der Waals surface area contributed by atoms with Crippen molar-refractivity contribution in [2.45, 2.75) is 78.6 Å². The summed E-state index contributed by atoms with van der Waals surface area (Å²) in [4.78, 5) is 70.9. The first-order valence-electron chi connectivity index (χ1n) is 30.3. The van der Waals surface area contributed by atoms with E-state index < -0.39 is 0 Å². The van der Waals surface area contributed by atoms with E-state index in [4.69, 9.17) is 59.8 Å². The smallest absolute Gasteiger partial charge is 0.160 e. The van der Waals surface area contributed by atoms with Gasteiger partial charge in [-0.15, -0.1) is 0 Å². The van der Waals surface area contributed by atoms with E-state index in [1.54, 1.807) is 12.4 Å². The van der Waals surface area contributed by atoms with Crippen LogP contribution >= 0.6 is 0 Å². The third-order valence-corrected chi connectivity index (χ3v) is 15.9. The van der Waals surface area contributed by atoms with Crippen LogP contribution in [0.25, 0.3) is 147 Å². The zero-order chi connectivity index (χ0) is 59.3. The van der Waals surface area contributed by atoms with Crippen molar-refractivity contribution in [1.29, 1.82) is 0 Å². The van der Waals surface area contributed by atoms with Gasteiger partial charge in [-0.25, -0.2) is 69.8 Å². The Hall–Kier alpha value is -10.9. The highest BCUT2D eigenvalue weighted by atomic mass is 15.0. The lowest BCUT2D eigenvalue weighted by molar-refractivity contribution is 0.795. The molecule has 0 aliphatic heterocycles. The van der Waals surface area contributed by atoms with E-state index in [1.807, 2.05) is 115 Å². The van der Waals surface area contributed by atoms with Gasteiger partial charge in [0.05, 0.1) is 68.3 Å². The fraction of sp³-hybridized carbons (Fsp3) is 0.162. The quantitative estimate of drug-likeness (QED) is 0.0791. The SMILES string of the molecule is CCCCc1ccc(-c2nc(-c3ccc4cccnc4n3)cc(-c3ccc4ccc(-c5cc(-c6ccc7ccc(-c8cc(-c9ccc%10cccnc%10n9)nc(-c9ccc(CCCC)cc9)n8)nc7n6)nc(-c6ccc(CCCC)cc6)n5)nc4n3)n2)cc1. The van der Waals surface area contributed by atoms with Crippen molar-refractivity contribution in [3.63, 3.8) is 0 Å². The molecule has 0 unspecified atom stereocenters. The van der Waals surface area contributed by atoms with Gasteiger partial charge in [-0.1, -0.05) is 113 Å². The summed E-state index contributed by atoms with van der Waals surface area (Å²) >= 11 is 0. The summed E-state index contributed by atoms with van der Waals surface area (Å²) in [6.45, 7) is 6.63. The fourth-order valence-corrected chi connectivity index (χ4v) is 10.9. The third kappa shape index (κ3) is 11.8. The van der Waals surface area contributed by atoms with Gasteiger partial charge in [0.15, 0.2) is 40.1 Å². The molecule has 14 heteroatoms. The van der Waals surface area contributed by atoms with Gasteiger partial charge in [0.2, 0.25) is 0 Å². The van der Waals surface area contributed by atoms with E-state index in [2.05, 4.69) is 104 Å². The Labute approximate surface area is 509 Å². The van der Waals surface area contributed by atoms with Crippen LogP contribution in [-0.4, -0.2) is 69.8 Å². The summed E-state index contributed by atoms with van der Waals surface area (Å²) in [6.07, 6.45) is 13.3. The maximum Gasteiger partial charge on any atom is 0.160 e. The number of rotatable bonds is 18. The number of hydrogen-bond acceptors (Lipinski definition) is 14. The number of hydrogen-bond donors (Lipinski definition) is 0. The lowest BCUT2D eigenvalue weighted by Crippen LogP contribution is -2.01. The van der Waals surface area contributed by atoms with Crippen LogP contribution in [0.2, 0.25) is 0 Å². The summed E-state index contributed by atoms with van der Waals surface area (Å²) in [5.74, 6) is 1.67. The van der Waals surface area contributed by atoms with Crippen molar-refractivity contribution in [2.24, 2.45) is 0 Å². The van der Waals surface area contributed by atoms with Gasteiger partial charge in [0.25, 0.3) is 0 Å². The van der Waals surface area contributed by atoms with Gasteiger partial charge in [0.1, 0.15) is 0 Å². The molecule has 11 heterocycles. The highest BCUT2D eigenvalue weighted by molar-refractivity contribution is 5.85. The van der Waals surface area contributed by atoms with E-state index in [0.29, 0.717) is 108 Å². The highest BCUT2D eigenvalue weighted by Crippen LogP contribution is 2.34. The molecule has 0 aliphatic carbocycles. The molecule has 426 valence electrons. The Balaban J connectivity index is 0.854. The second-order valence-electron chi connectivity index (χ2n) is 22.2. The van der Waals surface area contributed by atoms with Crippen LogP contribution in [0.3, 0.4) is 0 Å². The summed E-state index contributed by atoms with van der Waals surface area (Å²) in [6, 6.07) is 63.3. The summed E-state index contributed by atoms with van der Waals surface area (Å²) < 4.78 is 0. The molecule has 88 heavy (non-hydrogen) atoms. The monoisotopic (exact) mass is 1140 g/mol. The molecule has 0 saturated heterocycles. The third-order valence-electron chi connectivity index (χ3n) is 15.9. The standard InChI is InChI=1S/C74H60N14/c1-4-7-12-46-17-23-51(24-18-46)72-83-62(56-35-29-49-15-10-41-75-68(49)77-56)43-64(85-72)58-37-31-54-33-39-60(81-70(54)79-58)66-45-67(88-74(87-66)53-27-21-48(22-28-53)14-9-6-3)61-40-34-55-32-38-59(80-71(55)82-61)65-44-63(57-36-30-50-16-11-42-76-69(50)78-57)84-73(86-65)52-25-19-47(20-26-52)13-8-5-2/h10-11,15-45H,4-9,12-14H2,1-3H3. The van der Waals surface area contributed by atoms with Gasteiger partial charge in [-0.2, -0.15) is 0 Å². The van der Waals surface area contributed by atoms with Crippen molar-refractivity contribution in [3.8, 4) is 102 Å². The normalized spacial score (nSPS) is 11.5. The van der Waals surface area contributed by atoms with Gasteiger partial charge in [-0.3, -0.25) is 0 Å². The topological polar surface area (TPSA) is 180 Å². The van der Waals surface area contributed by atoms with Crippen molar-refractivity contribution < 1.29 is 0 Å². The molecule has 0 amide bonds. The first-order valence-corrected chi connectivity index (χ1v) is 30.3. The summed E-state index contributed by atoms with van der Waals surface area (Å²) in [5, 5.41) is 3.61. The Morgan fingerprint density at radius 2 is 0.489 bits per heavy atom. The largest absolute Gasteiger partial charge is 0.237 e. The molecule has 0 N–H and O–H groups in total. The van der Waals surface area contributed by atoms with Crippen molar-refractivity contribution in [2.75, 3.05) is 0 Å². The number of pyridine rings is 8. The predicted octanol–water partition coefficient (Wildman–Crippen LogP) is 16.9. The molecular formula is C74H60N14. The minimum atomic E-state index is 0.528. The van der Waals surface area contributed by atoms with E-state index in [9.17, 15) is 0 Å². The van der Waals surface area contributed by atoms with Crippen LogP contribution < -0.4 is 0 Å². The van der Waals surface area contributed by atoms with Crippen LogP contribution in [0.5, 0.6) is 0 Å². The average molecular weight is 1150 g/mol. The molecule has 3 aromatic carbocycles. The molecule has 14 rings (SSSR count). The molecule has 14 aromatic rings. The van der Waals surface area contributed by atoms with Crippen molar-refractivity contribution >= 4 is 44.1 Å². The highest BCUT2D eigenvalue weighted by Gasteiger charge is 2.19. The minimum Gasteiger partial charge on any atom is -0.237 e. The van der Waals surface area contributed by atoms with Crippen LogP contribution in [0.15, 0.2) is 200 Å². The van der Waals surface area contributed by atoms with Gasteiger partial charge >= 0.3 is 0 Å². The van der Waals surface area contributed by atoms with Gasteiger partial charge in [-0.05, 0) is 170 Å². The van der Waals surface area contributed by atoms with Crippen LogP contribution in [0.4, 0.5) is 0 Å². The molecule has 0 aliphatic rings. The average Bonchev–Trinajstić information content (AvgIpc) is 1.43. The molecule has 0 radical (unpaired) electrons.